The summed E-state index contributed by atoms with van der Waals surface area (Å²) in [4.78, 5) is 13.8. The number of hydrogen-bond donors (Lipinski definition) is 2. The third-order valence-corrected chi connectivity index (χ3v) is 3.54. The van der Waals surface area contributed by atoms with Crippen molar-refractivity contribution in [1.29, 1.82) is 0 Å². The first-order valence-electron chi connectivity index (χ1n) is 6.71. The molecule has 0 aliphatic heterocycles. The Hall–Kier alpha value is -0.610. The van der Waals surface area contributed by atoms with E-state index in [2.05, 4.69) is 19.2 Å². The molecule has 1 saturated carbocycles. The van der Waals surface area contributed by atoms with Crippen LogP contribution in [0.15, 0.2) is 0 Å². The van der Waals surface area contributed by atoms with Crippen molar-refractivity contribution in [3.05, 3.63) is 0 Å². The molecule has 1 amide bonds. The van der Waals surface area contributed by atoms with Crippen LogP contribution < -0.4 is 5.32 Å². The molecule has 0 atom stereocenters. The van der Waals surface area contributed by atoms with Gasteiger partial charge in [-0.15, -0.1) is 0 Å². The number of likely N-dealkylation sites (N-methyl/N-ethyl adjacent to an activating group) is 1. The summed E-state index contributed by atoms with van der Waals surface area (Å²) in [6, 6.07) is 0.307. The number of carbonyl (C=O) groups excluding carboxylic acids is 1. The van der Waals surface area contributed by atoms with E-state index >= 15 is 0 Å². The minimum absolute atomic E-state index is 0.105. The molecule has 1 aliphatic rings. The molecule has 0 radical (unpaired) electrons. The number of amides is 1. The van der Waals surface area contributed by atoms with E-state index in [-0.39, 0.29) is 12.0 Å². The fourth-order valence-electron chi connectivity index (χ4n) is 2.37. The SMILES string of the molecule is CCC(CC)NC(=O)CN(C)CC1CC(O)C1. The Balaban J connectivity index is 2.16. The van der Waals surface area contributed by atoms with E-state index in [0.29, 0.717) is 18.5 Å². The van der Waals surface area contributed by atoms with E-state index in [0.717, 1.165) is 32.2 Å². The van der Waals surface area contributed by atoms with Crippen LogP contribution in [0.2, 0.25) is 0 Å². The van der Waals surface area contributed by atoms with Crippen LogP contribution in [-0.2, 0) is 4.79 Å². The van der Waals surface area contributed by atoms with Gasteiger partial charge in [-0.05, 0) is 38.6 Å². The van der Waals surface area contributed by atoms with Crippen LogP contribution in [0.5, 0.6) is 0 Å². The van der Waals surface area contributed by atoms with Crippen LogP contribution in [0, 0.1) is 5.92 Å². The Morgan fingerprint density at radius 1 is 1.41 bits per heavy atom. The van der Waals surface area contributed by atoms with E-state index < -0.39 is 0 Å². The summed E-state index contributed by atoms with van der Waals surface area (Å²) in [7, 11) is 1.97. The minimum Gasteiger partial charge on any atom is -0.393 e. The van der Waals surface area contributed by atoms with Gasteiger partial charge in [-0.1, -0.05) is 13.8 Å². The zero-order valence-electron chi connectivity index (χ0n) is 11.3. The van der Waals surface area contributed by atoms with Gasteiger partial charge in [0.25, 0.3) is 0 Å². The first-order chi connectivity index (χ1) is 8.05. The van der Waals surface area contributed by atoms with Crippen LogP contribution in [0.3, 0.4) is 0 Å². The van der Waals surface area contributed by atoms with Crippen LogP contribution >= 0.6 is 0 Å². The molecule has 100 valence electrons. The van der Waals surface area contributed by atoms with E-state index in [1.54, 1.807) is 0 Å². The molecule has 4 nitrogen and oxygen atoms in total. The normalized spacial score (nSPS) is 23.9. The molecule has 1 rings (SSSR count). The number of rotatable bonds is 7. The Morgan fingerprint density at radius 2 is 2.00 bits per heavy atom. The van der Waals surface area contributed by atoms with Crippen molar-refractivity contribution in [1.82, 2.24) is 10.2 Å². The molecule has 0 aromatic carbocycles. The van der Waals surface area contributed by atoms with Crippen molar-refractivity contribution in [2.24, 2.45) is 5.92 Å². The quantitative estimate of drug-likeness (QED) is 0.700. The lowest BCUT2D eigenvalue weighted by atomic mass is 9.82. The fraction of sp³-hybridized carbons (Fsp3) is 0.923. The Bertz CT molecular complexity index is 236. The van der Waals surface area contributed by atoms with E-state index in [1.807, 2.05) is 11.9 Å². The highest BCUT2D eigenvalue weighted by Crippen LogP contribution is 2.27. The molecular formula is C13H26N2O2. The zero-order chi connectivity index (χ0) is 12.8. The summed E-state index contributed by atoms with van der Waals surface area (Å²) in [5.41, 5.74) is 0. The number of hydrogen-bond acceptors (Lipinski definition) is 3. The van der Waals surface area contributed by atoms with Crippen LogP contribution in [0.25, 0.3) is 0 Å². The Morgan fingerprint density at radius 3 is 2.47 bits per heavy atom. The average molecular weight is 242 g/mol. The number of carbonyl (C=O) groups is 1. The van der Waals surface area contributed by atoms with Gasteiger partial charge in [-0.2, -0.15) is 0 Å². The molecule has 0 aromatic rings. The highest BCUT2D eigenvalue weighted by atomic mass is 16.3. The molecule has 1 aliphatic carbocycles. The molecule has 2 N–H and O–H groups in total. The second-order valence-electron chi connectivity index (χ2n) is 5.27. The second-order valence-corrected chi connectivity index (χ2v) is 5.27. The maximum Gasteiger partial charge on any atom is 0.234 e. The smallest absolute Gasteiger partial charge is 0.234 e. The van der Waals surface area contributed by atoms with Gasteiger partial charge < -0.3 is 10.4 Å². The molecule has 0 heterocycles. The van der Waals surface area contributed by atoms with Gasteiger partial charge in [0, 0.05) is 12.6 Å². The van der Waals surface area contributed by atoms with Crippen LogP contribution in [-0.4, -0.2) is 48.2 Å². The van der Waals surface area contributed by atoms with Crippen molar-refractivity contribution in [3.63, 3.8) is 0 Å². The zero-order valence-corrected chi connectivity index (χ0v) is 11.3. The largest absolute Gasteiger partial charge is 0.393 e. The topological polar surface area (TPSA) is 52.6 Å². The van der Waals surface area contributed by atoms with Gasteiger partial charge in [0.15, 0.2) is 0 Å². The van der Waals surface area contributed by atoms with Gasteiger partial charge in [-0.3, -0.25) is 9.69 Å². The molecule has 4 heteroatoms. The molecule has 17 heavy (non-hydrogen) atoms. The lowest BCUT2D eigenvalue weighted by molar-refractivity contribution is -0.123. The van der Waals surface area contributed by atoms with Crippen molar-refractivity contribution in [2.75, 3.05) is 20.1 Å². The lowest BCUT2D eigenvalue weighted by Gasteiger charge is -2.34. The number of nitrogens with one attached hydrogen (secondary N) is 1. The summed E-state index contributed by atoms with van der Waals surface area (Å²) >= 11 is 0. The standard InChI is InChI=1S/C13H26N2O2/c1-4-11(5-2)14-13(17)9-15(3)8-10-6-12(16)7-10/h10-12,16H,4-9H2,1-3H3,(H,14,17). The predicted molar refractivity (Wildman–Crippen MR) is 68.7 cm³/mol. The van der Waals surface area contributed by atoms with Gasteiger partial charge in [0.1, 0.15) is 0 Å². The first kappa shape index (κ1) is 14.5. The summed E-state index contributed by atoms with van der Waals surface area (Å²) in [6.45, 7) is 5.55. The van der Waals surface area contributed by atoms with Crippen molar-refractivity contribution < 1.29 is 9.90 Å². The van der Waals surface area contributed by atoms with Gasteiger partial charge in [0.2, 0.25) is 5.91 Å². The Kier molecular flexibility index (Phi) is 5.92. The number of aliphatic hydroxyl groups is 1. The third-order valence-electron chi connectivity index (χ3n) is 3.54. The maximum absolute atomic E-state index is 11.7. The maximum atomic E-state index is 11.7. The summed E-state index contributed by atoms with van der Waals surface area (Å²) in [6.07, 6.45) is 3.64. The van der Waals surface area contributed by atoms with E-state index in [1.165, 1.54) is 0 Å². The fourth-order valence-corrected chi connectivity index (χ4v) is 2.37. The number of aliphatic hydroxyl groups excluding tert-OH is 1. The first-order valence-corrected chi connectivity index (χ1v) is 6.71. The van der Waals surface area contributed by atoms with Crippen molar-refractivity contribution in [2.45, 2.75) is 51.7 Å². The molecular weight excluding hydrogens is 216 g/mol. The second kappa shape index (κ2) is 6.97. The monoisotopic (exact) mass is 242 g/mol. The molecule has 0 bridgehead atoms. The van der Waals surface area contributed by atoms with Gasteiger partial charge >= 0.3 is 0 Å². The highest BCUT2D eigenvalue weighted by molar-refractivity contribution is 5.78. The lowest BCUT2D eigenvalue weighted by Crippen LogP contribution is -2.43. The summed E-state index contributed by atoms with van der Waals surface area (Å²) in [5, 5.41) is 12.2. The minimum atomic E-state index is -0.105. The number of nitrogens with zero attached hydrogens (tertiary/aromatic N) is 1. The van der Waals surface area contributed by atoms with E-state index in [4.69, 9.17) is 0 Å². The predicted octanol–water partition coefficient (Wildman–Crippen LogP) is 0.994. The van der Waals surface area contributed by atoms with Crippen molar-refractivity contribution in [3.8, 4) is 0 Å². The van der Waals surface area contributed by atoms with Gasteiger partial charge in [0.05, 0.1) is 12.6 Å². The van der Waals surface area contributed by atoms with E-state index in [9.17, 15) is 9.90 Å². The Labute approximate surface area is 104 Å². The average Bonchev–Trinajstić information content (AvgIpc) is 2.23. The molecule has 0 unspecified atom stereocenters. The van der Waals surface area contributed by atoms with Crippen LogP contribution in [0.4, 0.5) is 0 Å². The molecule has 1 fully saturated rings. The van der Waals surface area contributed by atoms with Gasteiger partial charge in [-0.25, -0.2) is 0 Å². The molecule has 0 aromatic heterocycles. The third kappa shape index (κ3) is 5.04. The summed E-state index contributed by atoms with van der Waals surface area (Å²) < 4.78 is 0. The molecule has 0 spiro atoms. The summed E-state index contributed by atoms with van der Waals surface area (Å²) in [5.74, 6) is 0.678. The van der Waals surface area contributed by atoms with Crippen molar-refractivity contribution >= 4 is 5.91 Å². The van der Waals surface area contributed by atoms with Crippen LogP contribution in [0.1, 0.15) is 39.5 Å². The highest BCUT2D eigenvalue weighted by Gasteiger charge is 2.28. The molecule has 0 saturated heterocycles.